The molecule has 0 radical (unpaired) electrons. The Labute approximate surface area is 84.4 Å². The van der Waals surface area contributed by atoms with Gasteiger partial charge in [-0.15, -0.1) is 0 Å². The summed E-state index contributed by atoms with van der Waals surface area (Å²) in [6, 6.07) is 0. The second kappa shape index (κ2) is 5.54. The topological polar surface area (TPSA) is 0 Å². The molecule has 0 amide bonds. The maximum absolute atomic E-state index is 2.48. The minimum atomic E-state index is -0.447. The molecule has 0 N–H and O–H groups in total. The largest absolute Gasteiger partial charge is 0.201 e. The lowest BCUT2D eigenvalue weighted by molar-refractivity contribution is 0.873. The first-order chi connectivity index (χ1) is 6.33. The number of hydrogen-bond acceptors (Lipinski definition) is 0. The normalized spacial score (nSPS) is 20.8. The van der Waals surface area contributed by atoms with Crippen molar-refractivity contribution in [3.05, 3.63) is 23.0 Å². The fraction of sp³-hybridized carbons (Fsp3) is 0.667. The zero-order valence-corrected chi connectivity index (χ0v) is 9.78. The minimum absolute atomic E-state index is 0.447. The molecule has 0 spiro atoms. The Morgan fingerprint density at radius 3 is 1.69 bits per heavy atom. The first kappa shape index (κ1) is 10.9. The smallest absolute Gasteiger partial charge is 0.0159 e. The second-order valence-electron chi connectivity index (χ2n) is 3.78. The highest BCUT2D eigenvalue weighted by Crippen LogP contribution is 2.54. The van der Waals surface area contributed by atoms with E-state index in [4.69, 9.17) is 0 Å². The molecule has 0 aromatic carbocycles. The summed E-state index contributed by atoms with van der Waals surface area (Å²) in [5, 5.41) is 4.97. The van der Waals surface area contributed by atoms with Crippen molar-refractivity contribution in [1.29, 1.82) is 0 Å². The molecule has 0 bridgehead atoms. The van der Waals surface area contributed by atoms with Gasteiger partial charge in [-0.05, 0) is 35.2 Å². The lowest BCUT2D eigenvalue weighted by Gasteiger charge is -2.31. The van der Waals surface area contributed by atoms with Crippen LogP contribution in [-0.2, 0) is 0 Å². The third kappa shape index (κ3) is 3.22. The maximum atomic E-state index is 2.48. The van der Waals surface area contributed by atoms with E-state index in [0.29, 0.717) is 0 Å². The number of unbranched alkanes of at least 4 members (excludes halogenated alkanes) is 2. The van der Waals surface area contributed by atoms with Gasteiger partial charge in [-0.25, -0.2) is 10.0 Å². The molecule has 0 aromatic rings. The zero-order chi connectivity index (χ0) is 9.57. The summed E-state index contributed by atoms with van der Waals surface area (Å²) in [5.74, 6) is 2.85. The fourth-order valence-corrected chi connectivity index (χ4v) is 4.95. The van der Waals surface area contributed by atoms with Crippen molar-refractivity contribution in [1.82, 2.24) is 0 Å². The van der Waals surface area contributed by atoms with Crippen molar-refractivity contribution in [3.63, 3.8) is 0 Å². The predicted molar refractivity (Wildman–Crippen MR) is 65.4 cm³/mol. The quantitative estimate of drug-likeness (QED) is 0.592. The van der Waals surface area contributed by atoms with E-state index >= 15 is 0 Å². The molecule has 0 nitrogen and oxygen atoms in total. The van der Waals surface area contributed by atoms with Crippen LogP contribution in [0.2, 0.25) is 0 Å². The lowest BCUT2D eigenvalue weighted by atomic mass is 10.4. The summed E-state index contributed by atoms with van der Waals surface area (Å²) in [7, 11) is -0.447. The summed E-state index contributed by atoms with van der Waals surface area (Å²) in [5.41, 5.74) is 0. The first-order valence-electron chi connectivity index (χ1n) is 5.46. The Bertz CT molecular complexity index is 169. The molecule has 1 aliphatic heterocycles. The van der Waals surface area contributed by atoms with E-state index < -0.39 is 10.0 Å². The standard InChI is InChI=1S/C12H22S/c1-3-5-9-13(10-6-4-2)11-7-8-12-13/h7-8,11-12H,3-6,9-10H2,1-2H3. The second-order valence-corrected chi connectivity index (χ2v) is 7.15. The summed E-state index contributed by atoms with van der Waals surface area (Å²) in [6.45, 7) is 4.57. The molecule has 1 rings (SSSR count). The van der Waals surface area contributed by atoms with E-state index in [2.05, 4.69) is 36.8 Å². The van der Waals surface area contributed by atoms with Gasteiger partial charge in [0.2, 0.25) is 0 Å². The summed E-state index contributed by atoms with van der Waals surface area (Å²) < 4.78 is 0. The van der Waals surface area contributed by atoms with E-state index in [0.717, 1.165) is 0 Å². The Balaban J connectivity index is 2.44. The van der Waals surface area contributed by atoms with Crippen LogP contribution >= 0.6 is 10.0 Å². The van der Waals surface area contributed by atoms with E-state index in [-0.39, 0.29) is 0 Å². The van der Waals surface area contributed by atoms with Gasteiger partial charge in [0.05, 0.1) is 0 Å². The third-order valence-electron chi connectivity index (χ3n) is 2.57. The Morgan fingerprint density at radius 2 is 1.31 bits per heavy atom. The highest BCUT2D eigenvalue weighted by molar-refractivity contribution is 8.38. The lowest BCUT2D eigenvalue weighted by Crippen LogP contribution is -2.02. The SMILES string of the molecule is CCCCS1(CCCC)C=CC=C1. The molecular weight excluding hydrogens is 176 g/mol. The molecule has 0 aromatic heterocycles. The average Bonchev–Trinajstić information content (AvgIpc) is 2.61. The van der Waals surface area contributed by atoms with Crippen molar-refractivity contribution in [2.24, 2.45) is 0 Å². The zero-order valence-electron chi connectivity index (χ0n) is 8.96. The molecule has 1 aliphatic rings. The van der Waals surface area contributed by atoms with E-state index in [1.165, 1.54) is 37.2 Å². The van der Waals surface area contributed by atoms with Gasteiger partial charge < -0.3 is 0 Å². The van der Waals surface area contributed by atoms with Crippen LogP contribution in [0.15, 0.2) is 23.0 Å². The predicted octanol–water partition coefficient (Wildman–Crippen LogP) is 4.43. The van der Waals surface area contributed by atoms with Gasteiger partial charge in [-0.2, -0.15) is 0 Å². The van der Waals surface area contributed by atoms with Gasteiger partial charge in [0.25, 0.3) is 0 Å². The van der Waals surface area contributed by atoms with Gasteiger partial charge in [0.15, 0.2) is 0 Å². The fourth-order valence-electron chi connectivity index (χ4n) is 1.65. The van der Waals surface area contributed by atoms with Crippen molar-refractivity contribution in [3.8, 4) is 0 Å². The molecule has 0 fully saturated rings. The van der Waals surface area contributed by atoms with Crippen LogP contribution in [0.4, 0.5) is 0 Å². The van der Waals surface area contributed by atoms with Crippen molar-refractivity contribution in [2.45, 2.75) is 39.5 Å². The molecule has 1 heterocycles. The summed E-state index contributed by atoms with van der Waals surface area (Å²) in [4.78, 5) is 0. The van der Waals surface area contributed by atoms with Gasteiger partial charge in [0.1, 0.15) is 0 Å². The van der Waals surface area contributed by atoms with Gasteiger partial charge in [-0.1, -0.05) is 38.8 Å². The van der Waals surface area contributed by atoms with Gasteiger partial charge >= 0.3 is 0 Å². The third-order valence-corrected chi connectivity index (χ3v) is 6.06. The van der Waals surface area contributed by atoms with Gasteiger partial charge in [-0.3, -0.25) is 0 Å². The summed E-state index contributed by atoms with van der Waals surface area (Å²) >= 11 is 0. The molecular formula is C12H22S. The van der Waals surface area contributed by atoms with Crippen LogP contribution in [0.3, 0.4) is 0 Å². The van der Waals surface area contributed by atoms with E-state index in [1.54, 1.807) is 0 Å². The van der Waals surface area contributed by atoms with Crippen LogP contribution in [0, 0.1) is 0 Å². The average molecular weight is 198 g/mol. The minimum Gasteiger partial charge on any atom is -0.201 e. The highest BCUT2D eigenvalue weighted by Gasteiger charge is 2.18. The number of hydrogen-bond donors (Lipinski definition) is 0. The molecule has 0 atom stereocenters. The maximum Gasteiger partial charge on any atom is -0.0159 e. The Morgan fingerprint density at radius 1 is 0.846 bits per heavy atom. The molecule has 0 saturated heterocycles. The molecule has 13 heavy (non-hydrogen) atoms. The van der Waals surface area contributed by atoms with Gasteiger partial charge in [0, 0.05) is 0 Å². The molecule has 1 heteroatoms. The van der Waals surface area contributed by atoms with Crippen LogP contribution in [0.1, 0.15) is 39.5 Å². The van der Waals surface area contributed by atoms with Crippen molar-refractivity contribution in [2.75, 3.05) is 11.5 Å². The summed E-state index contributed by atoms with van der Waals surface area (Å²) in [6.07, 6.45) is 9.97. The Hall–Kier alpha value is -0.170. The van der Waals surface area contributed by atoms with Crippen LogP contribution < -0.4 is 0 Å². The molecule has 0 unspecified atom stereocenters. The Kier molecular flexibility index (Phi) is 4.65. The number of rotatable bonds is 6. The van der Waals surface area contributed by atoms with E-state index in [1.807, 2.05) is 0 Å². The van der Waals surface area contributed by atoms with Crippen molar-refractivity contribution >= 4 is 10.0 Å². The molecule has 0 saturated carbocycles. The van der Waals surface area contributed by atoms with Crippen molar-refractivity contribution < 1.29 is 0 Å². The van der Waals surface area contributed by atoms with Crippen LogP contribution in [0.25, 0.3) is 0 Å². The monoisotopic (exact) mass is 198 g/mol. The van der Waals surface area contributed by atoms with Crippen LogP contribution in [-0.4, -0.2) is 11.5 Å². The highest BCUT2D eigenvalue weighted by atomic mass is 32.3. The molecule has 76 valence electrons. The van der Waals surface area contributed by atoms with Crippen LogP contribution in [0.5, 0.6) is 0 Å². The molecule has 0 aliphatic carbocycles. The number of allylic oxidation sites excluding steroid dienone is 2. The first-order valence-corrected chi connectivity index (χ1v) is 7.56. The van der Waals surface area contributed by atoms with E-state index in [9.17, 15) is 0 Å².